The number of nitrogens with zero attached hydrogens (tertiary/aromatic N) is 4. The van der Waals surface area contributed by atoms with Gasteiger partial charge in [-0.1, -0.05) is 29.5 Å². The number of hydrogen-bond donors (Lipinski definition) is 1. The quantitative estimate of drug-likeness (QED) is 0.319. The van der Waals surface area contributed by atoms with Crippen LogP contribution in [0.15, 0.2) is 66.7 Å². The number of benzene rings is 3. The zero-order valence-corrected chi connectivity index (χ0v) is 23.7. The molecule has 0 radical (unpaired) electrons. The number of rotatable bonds is 10. The summed E-state index contributed by atoms with van der Waals surface area (Å²) in [5.74, 6) is 0.973. The van der Waals surface area contributed by atoms with Gasteiger partial charge >= 0.3 is 0 Å². The third-order valence-corrected chi connectivity index (χ3v) is 6.26. The fourth-order valence-corrected chi connectivity index (χ4v) is 4.44. The predicted octanol–water partition coefficient (Wildman–Crippen LogP) is 4.14. The molecule has 40 heavy (non-hydrogen) atoms. The molecule has 2 amide bonds. The maximum atomic E-state index is 14.2. The van der Waals surface area contributed by atoms with Crippen LogP contribution in [0.4, 0.5) is 0 Å². The van der Waals surface area contributed by atoms with Crippen LogP contribution < -0.4 is 19.5 Å². The first-order chi connectivity index (χ1) is 19.1. The lowest BCUT2D eigenvalue weighted by atomic mass is 10.00. The number of carbonyl (C=O) groups is 2. The number of nitrogens with one attached hydrogen (secondary N) is 1. The Hall–Kier alpha value is -4.60. The van der Waals surface area contributed by atoms with Crippen LogP contribution in [0.1, 0.15) is 37.9 Å². The van der Waals surface area contributed by atoms with E-state index in [2.05, 4.69) is 15.6 Å². The lowest BCUT2D eigenvalue weighted by Crippen LogP contribution is -2.49. The largest absolute Gasteiger partial charge is 0.497 e. The molecule has 0 bridgehead atoms. The topological polar surface area (TPSA) is 108 Å². The first kappa shape index (κ1) is 28.4. The van der Waals surface area contributed by atoms with Crippen molar-refractivity contribution in [3.63, 3.8) is 0 Å². The Morgan fingerprint density at radius 3 is 2.23 bits per heavy atom. The van der Waals surface area contributed by atoms with Crippen molar-refractivity contribution in [1.29, 1.82) is 0 Å². The van der Waals surface area contributed by atoms with Crippen molar-refractivity contribution in [2.45, 2.75) is 45.4 Å². The summed E-state index contributed by atoms with van der Waals surface area (Å²) in [7, 11) is 4.66. The SMILES string of the molecule is COc1cccc(CN(C(=O)Cn2nnc3ccccc32)[C@H](C(=O)NC(C)(C)C)c2cc(OC)cc(OC)c2)c1. The molecule has 0 spiro atoms. The average Bonchev–Trinajstić information content (AvgIpc) is 3.34. The van der Waals surface area contributed by atoms with E-state index in [-0.39, 0.29) is 24.9 Å². The fourth-order valence-electron chi connectivity index (χ4n) is 4.44. The van der Waals surface area contributed by atoms with E-state index in [1.807, 2.05) is 69.3 Å². The molecule has 4 aromatic rings. The Kier molecular flexibility index (Phi) is 8.57. The van der Waals surface area contributed by atoms with Gasteiger partial charge in [-0.05, 0) is 68.3 Å². The average molecular weight is 546 g/mol. The van der Waals surface area contributed by atoms with Crippen molar-refractivity contribution in [2.75, 3.05) is 21.3 Å². The Morgan fingerprint density at radius 1 is 0.900 bits per heavy atom. The van der Waals surface area contributed by atoms with Crippen LogP contribution in [-0.2, 0) is 22.7 Å². The molecule has 10 heteroatoms. The van der Waals surface area contributed by atoms with Crippen LogP contribution in [0, 0.1) is 0 Å². The molecule has 0 saturated heterocycles. The van der Waals surface area contributed by atoms with Crippen LogP contribution in [0.5, 0.6) is 17.2 Å². The minimum Gasteiger partial charge on any atom is -0.497 e. The lowest BCUT2D eigenvalue weighted by Gasteiger charge is -2.34. The Bertz CT molecular complexity index is 1470. The molecule has 10 nitrogen and oxygen atoms in total. The number of para-hydroxylation sites is 1. The van der Waals surface area contributed by atoms with E-state index in [0.717, 1.165) is 11.1 Å². The number of amides is 2. The van der Waals surface area contributed by atoms with Crippen molar-refractivity contribution in [2.24, 2.45) is 0 Å². The number of carbonyl (C=O) groups excluding carboxylic acids is 2. The van der Waals surface area contributed by atoms with Crippen LogP contribution in [0.3, 0.4) is 0 Å². The number of methoxy groups -OCH3 is 3. The molecule has 0 saturated carbocycles. The molecular weight excluding hydrogens is 510 g/mol. The lowest BCUT2D eigenvalue weighted by molar-refractivity contribution is -0.142. The van der Waals surface area contributed by atoms with Gasteiger partial charge in [-0.3, -0.25) is 9.59 Å². The number of hydrogen-bond acceptors (Lipinski definition) is 7. The van der Waals surface area contributed by atoms with E-state index >= 15 is 0 Å². The smallest absolute Gasteiger partial charge is 0.247 e. The summed E-state index contributed by atoms with van der Waals surface area (Å²) in [6, 6.07) is 19.0. The van der Waals surface area contributed by atoms with Crippen molar-refractivity contribution >= 4 is 22.8 Å². The van der Waals surface area contributed by atoms with Gasteiger partial charge in [-0.2, -0.15) is 0 Å². The van der Waals surface area contributed by atoms with Crippen LogP contribution in [0.2, 0.25) is 0 Å². The second kappa shape index (κ2) is 12.1. The highest BCUT2D eigenvalue weighted by Crippen LogP contribution is 2.32. The second-order valence-corrected chi connectivity index (χ2v) is 10.4. The standard InChI is InChI=1S/C30H35N5O5/c1-30(2,3)31-29(37)28(21-15-23(39-5)17-24(16-21)40-6)34(18-20-10-9-11-22(14-20)38-4)27(36)19-35-26-13-8-7-12-25(26)32-33-35/h7-17,28H,18-19H2,1-6H3,(H,31,37)/t28-/m0/s1. The van der Waals surface area contributed by atoms with Gasteiger partial charge in [0.2, 0.25) is 11.8 Å². The molecule has 0 unspecified atom stereocenters. The van der Waals surface area contributed by atoms with E-state index in [4.69, 9.17) is 14.2 Å². The maximum absolute atomic E-state index is 14.2. The molecule has 1 heterocycles. The third kappa shape index (κ3) is 6.69. The molecule has 1 aromatic heterocycles. The minimum absolute atomic E-state index is 0.120. The maximum Gasteiger partial charge on any atom is 0.247 e. The molecular formula is C30H35N5O5. The van der Waals surface area contributed by atoms with Gasteiger partial charge in [0.15, 0.2) is 0 Å². The van der Waals surface area contributed by atoms with E-state index in [1.54, 1.807) is 34.9 Å². The Morgan fingerprint density at radius 2 is 1.57 bits per heavy atom. The van der Waals surface area contributed by atoms with E-state index in [1.165, 1.54) is 14.2 Å². The second-order valence-electron chi connectivity index (χ2n) is 10.4. The van der Waals surface area contributed by atoms with Gasteiger partial charge in [0.1, 0.15) is 35.4 Å². The van der Waals surface area contributed by atoms with Crippen LogP contribution >= 0.6 is 0 Å². The van der Waals surface area contributed by atoms with Gasteiger partial charge in [-0.25, -0.2) is 4.68 Å². The summed E-state index contributed by atoms with van der Waals surface area (Å²) in [6.07, 6.45) is 0. The van der Waals surface area contributed by atoms with Gasteiger partial charge in [-0.15, -0.1) is 5.10 Å². The van der Waals surface area contributed by atoms with Crippen molar-refractivity contribution in [1.82, 2.24) is 25.2 Å². The van der Waals surface area contributed by atoms with Gasteiger partial charge in [0, 0.05) is 18.2 Å². The van der Waals surface area contributed by atoms with E-state index in [0.29, 0.717) is 28.3 Å². The van der Waals surface area contributed by atoms with Crippen molar-refractivity contribution in [3.05, 3.63) is 77.9 Å². The summed E-state index contributed by atoms with van der Waals surface area (Å²) in [5.41, 5.74) is 2.17. The fraction of sp³-hybridized carbons (Fsp3) is 0.333. The number of fused-ring (bicyclic) bond motifs is 1. The summed E-state index contributed by atoms with van der Waals surface area (Å²) >= 11 is 0. The van der Waals surface area contributed by atoms with Crippen LogP contribution in [-0.4, -0.2) is 58.6 Å². The van der Waals surface area contributed by atoms with Gasteiger partial charge < -0.3 is 24.4 Å². The Balaban J connectivity index is 1.84. The molecule has 210 valence electrons. The van der Waals surface area contributed by atoms with E-state index in [9.17, 15) is 9.59 Å². The third-order valence-electron chi connectivity index (χ3n) is 6.26. The molecule has 1 atom stereocenters. The molecule has 1 N–H and O–H groups in total. The molecule has 0 aliphatic heterocycles. The summed E-state index contributed by atoms with van der Waals surface area (Å²) < 4.78 is 17.9. The minimum atomic E-state index is -1.02. The van der Waals surface area contributed by atoms with Crippen LogP contribution in [0.25, 0.3) is 11.0 Å². The van der Waals surface area contributed by atoms with Gasteiger partial charge in [0.05, 0.1) is 26.8 Å². The molecule has 3 aromatic carbocycles. The first-order valence-electron chi connectivity index (χ1n) is 12.9. The van der Waals surface area contributed by atoms with Crippen molar-refractivity contribution < 1.29 is 23.8 Å². The summed E-state index contributed by atoms with van der Waals surface area (Å²) in [4.78, 5) is 29.7. The zero-order valence-electron chi connectivity index (χ0n) is 23.7. The van der Waals surface area contributed by atoms with E-state index < -0.39 is 11.6 Å². The molecule has 0 aliphatic carbocycles. The summed E-state index contributed by atoms with van der Waals surface area (Å²) in [6.45, 7) is 5.69. The van der Waals surface area contributed by atoms with Crippen molar-refractivity contribution in [3.8, 4) is 17.2 Å². The monoisotopic (exact) mass is 545 g/mol. The highest BCUT2D eigenvalue weighted by molar-refractivity contribution is 5.90. The zero-order chi connectivity index (χ0) is 28.9. The molecule has 0 aliphatic rings. The number of aromatic nitrogens is 3. The predicted molar refractivity (Wildman–Crippen MR) is 151 cm³/mol. The highest BCUT2D eigenvalue weighted by Gasteiger charge is 2.34. The number of ether oxygens (including phenoxy) is 3. The first-order valence-corrected chi connectivity index (χ1v) is 12.9. The normalized spacial score (nSPS) is 12.1. The molecule has 0 fully saturated rings. The molecule has 4 rings (SSSR count). The summed E-state index contributed by atoms with van der Waals surface area (Å²) in [5, 5.41) is 11.4. The Labute approximate surface area is 233 Å². The highest BCUT2D eigenvalue weighted by atomic mass is 16.5. The van der Waals surface area contributed by atoms with Gasteiger partial charge in [0.25, 0.3) is 0 Å².